The van der Waals surface area contributed by atoms with E-state index in [1.807, 2.05) is 35.2 Å². The molecule has 0 unspecified atom stereocenters. The lowest BCUT2D eigenvalue weighted by Gasteiger charge is -2.32. The van der Waals surface area contributed by atoms with Gasteiger partial charge in [0.15, 0.2) is 0 Å². The van der Waals surface area contributed by atoms with E-state index in [1.54, 1.807) is 0 Å². The Balaban J connectivity index is 1.38. The first-order chi connectivity index (χ1) is 10.8. The number of hydrogen-bond acceptors (Lipinski definition) is 2. The van der Waals surface area contributed by atoms with Crippen molar-refractivity contribution in [1.29, 1.82) is 0 Å². The van der Waals surface area contributed by atoms with E-state index in [0.29, 0.717) is 24.2 Å². The van der Waals surface area contributed by atoms with Gasteiger partial charge in [-0.1, -0.05) is 30.4 Å². The van der Waals surface area contributed by atoms with Crippen LogP contribution in [0.25, 0.3) is 0 Å². The number of rotatable bonds is 5. The van der Waals surface area contributed by atoms with Gasteiger partial charge in [-0.15, -0.1) is 0 Å². The molecule has 1 aliphatic carbocycles. The lowest BCUT2D eigenvalue weighted by molar-refractivity contribution is -0.133. The highest BCUT2D eigenvalue weighted by Crippen LogP contribution is 2.24. The Morgan fingerprint density at radius 2 is 1.91 bits per heavy atom. The van der Waals surface area contributed by atoms with E-state index < -0.39 is 0 Å². The summed E-state index contributed by atoms with van der Waals surface area (Å²) in [6.45, 7) is 2.54. The number of nitrogens with zero attached hydrogens (tertiary/aromatic N) is 1. The summed E-state index contributed by atoms with van der Waals surface area (Å²) in [7, 11) is 0. The Morgan fingerprint density at radius 1 is 1.14 bits per heavy atom. The summed E-state index contributed by atoms with van der Waals surface area (Å²) in [4.78, 5) is 14.3. The summed E-state index contributed by atoms with van der Waals surface area (Å²) in [5.41, 5.74) is 0. The largest absolute Gasteiger partial charge is 0.493 e. The second-order valence-electron chi connectivity index (χ2n) is 6.42. The number of allylic oxidation sites excluding steroid dienone is 2. The Hall–Kier alpha value is -1.77. The molecular formula is C19H25NO2. The predicted molar refractivity (Wildman–Crippen MR) is 87.7 cm³/mol. The zero-order chi connectivity index (χ0) is 15.2. The van der Waals surface area contributed by atoms with Gasteiger partial charge in [0.2, 0.25) is 5.91 Å². The molecule has 3 heteroatoms. The number of carbonyl (C=O) groups excluding carboxylic acids is 1. The summed E-state index contributed by atoms with van der Waals surface area (Å²) in [5.74, 6) is 2.32. The van der Waals surface area contributed by atoms with Crippen LogP contribution in [0, 0.1) is 11.8 Å². The Bertz CT molecular complexity index is 503. The molecule has 1 aromatic rings. The summed E-state index contributed by atoms with van der Waals surface area (Å²) in [6, 6.07) is 9.97. The van der Waals surface area contributed by atoms with Gasteiger partial charge in [-0.05, 0) is 49.7 Å². The zero-order valence-electron chi connectivity index (χ0n) is 13.1. The second-order valence-corrected chi connectivity index (χ2v) is 6.42. The number of carbonyl (C=O) groups is 1. The third-order valence-electron chi connectivity index (χ3n) is 4.75. The summed E-state index contributed by atoms with van der Waals surface area (Å²) in [5, 5.41) is 0. The quantitative estimate of drug-likeness (QED) is 0.777. The van der Waals surface area contributed by atoms with Crippen LogP contribution in [0.5, 0.6) is 5.75 Å². The lowest BCUT2D eigenvalue weighted by atomic mass is 9.96. The molecule has 118 valence electrons. The summed E-state index contributed by atoms with van der Waals surface area (Å²) in [6.07, 6.45) is 9.49. The van der Waals surface area contributed by atoms with Crippen LogP contribution < -0.4 is 4.74 Å². The first-order valence-corrected chi connectivity index (χ1v) is 8.43. The monoisotopic (exact) mass is 299 g/mol. The van der Waals surface area contributed by atoms with Gasteiger partial charge in [0, 0.05) is 19.5 Å². The minimum Gasteiger partial charge on any atom is -0.493 e. The van der Waals surface area contributed by atoms with E-state index in [-0.39, 0.29) is 0 Å². The predicted octanol–water partition coefficient (Wildman–Crippen LogP) is 3.66. The van der Waals surface area contributed by atoms with Gasteiger partial charge in [-0.2, -0.15) is 0 Å². The number of amides is 1. The van der Waals surface area contributed by atoms with Crippen LogP contribution in [-0.2, 0) is 4.79 Å². The molecule has 0 saturated carbocycles. The number of piperidine rings is 1. The fourth-order valence-electron chi connectivity index (χ4n) is 3.30. The van der Waals surface area contributed by atoms with Gasteiger partial charge in [-0.3, -0.25) is 4.79 Å². The van der Waals surface area contributed by atoms with Gasteiger partial charge in [0.1, 0.15) is 5.75 Å². The third kappa shape index (κ3) is 4.12. The molecule has 1 fully saturated rings. The van der Waals surface area contributed by atoms with E-state index in [9.17, 15) is 4.79 Å². The molecule has 3 nitrogen and oxygen atoms in total. The van der Waals surface area contributed by atoms with Crippen molar-refractivity contribution in [3.05, 3.63) is 42.5 Å². The number of para-hydroxylation sites is 1. The van der Waals surface area contributed by atoms with Crippen LogP contribution in [0.2, 0.25) is 0 Å². The fraction of sp³-hybridized carbons (Fsp3) is 0.526. The molecule has 0 spiro atoms. The maximum Gasteiger partial charge on any atom is 0.223 e. The molecule has 1 amide bonds. The van der Waals surface area contributed by atoms with Gasteiger partial charge in [0.05, 0.1) is 6.61 Å². The Morgan fingerprint density at radius 3 is 2.59 bits per heavy atom. The Labute approximate surface area is 133 Å². The standard InChI is InChI=1S/C19H25NO2/c21-19(14-16-6-4-5-7-16)20-12-10-17(11-13-20)15-22-18-8-2-1-3-9-18/h1-4,6,8-9,16-17H,5,7,10-15H2/t16-/m1/s1. The van der Waals surface area contributed by atoms with Crippen LogP contribution in [0.3, 0.4) is 0 Å². The SMILES string of the molecule is O=C(C[C@@H]1C=CCC1)N1CCC(COc2ccccc2)CC1. The van der Waals surface area contributed by atoms with Gasteiger partial charge >= 0.3 is 0 Å². The van der Waals surface area contributed by atoms with Crippen molar-refractivity contribution < 1.29 is 9.53 Å². The number of hydrogen-bond donors (Lipinski definition) is 0. The molecule has 0 aromatic heterocycles. The molecule has 0 N–H and O–H groups in total. The first kappa shape index (κ1) is 15.1. The van der Waals surface area contributed by atoms with Crippen molar-refractivity contribution >= 4 is 5.91 Å². The van der Waals surface area contributed by atoms with Crippen LogP contribution in [0.1, 0.15) is 32.1 Å². The topological polar surface area (TPSA) is 29.5 Å². The fourth-order valence-corrected chi connectivity index (χ4v) is 3.30. The molecule has 0 radical (unpaired) electrons. The van der Waals surface area contributed by atoms with Crippen molar-refractivity contribution in [2.75, 3.05) is 19.7 Å². The van der Waals surface area contributed by atoms with Gasteiger partial charge in [-0.25, -0.2) is 0 Å². The highest BCUT2D eigenvalue weighted by molar-refractivity contribution is 5.76. The van der Waals surface area contributed by atoms with Crippen molar-refractivity contribution in [2.24, 2.45) is 11.8 Å². The van der Waals surface area contributed by atoms with E-state index in [4.69, 9.17) is 4.74 Å². The van der Waals surface area contributed by atoms with Crippen LogP contribution in [0.4, 0.5) is 0 Å². The molecule has 22 heavy (non-hydrogen) atoms. The number of ether oxygens (including phenoxy) is 1. The van der Waals surface area contributed by atoms with Crippen molar-refractivity contribution in [2.45, 2.75) is 32.1 Å². The first-order valence-electron chi connectivity index (χ1n) is 8.43. The van der Waals surface area contributed by atoms with Crippen LogP contribution >= 0.6 is 0 Å². The average Bonchev–Trinajstić information content (AvgIpc) is 3.07. The average molecular weight is 299 g/mol. The highest BCUT2D eigenvalue weighted by Gasteiger charge is 2.25. The molecular weight excluding hydrogens is 274 g/mol. The van der Waals surface area contributed by atoms with Gasteiger partial charge < -0.3 is 9.64 Å². The van der Waals surface area contributed by atoms with Crippen molar-refractivity contribution in [1.82, 2.24) is 4.90 Å². The van der Waals surface area contributed by atoms with Gasteiger partial charge in [0.25, 0.3) is 0 Å². The van der Waals surface area contributed by atoms with Crippen molar-refractivity contribution in [3.63, 3.8) is 0 Å². The lowest BCUT2D eigenvalue weighted by Crippen LogP contribution is -2.40. The smallest absolute Gasteiger partial charge is 0.223 e. The maximum atomic E-state index is 12.3. The summed E-state index contributed by atoms with van der Waals surface area (Å²) >= 11 is 0. The summed E-state index contributed by atoms with van der Waals surface area (Å²) < 4.78 is 5.84. The molecule has 1 atom stereocenters. The number of likely N-dealkylation sites (tertiary alicyclic amines) is 1. The number of benzene rings is 1. The molecule has 3 rings (SSSR count). The highest BCUT2D eigenvalue weighted by atomic mass is 16.5. The zero-order valence-corrected chi connectivity index (χ0v) is 13.1. The molecule has 1 heterocycles. The minimum absolute atomic E-state index is 0.332. The normalized spacial score (nSPS) is 22.0. The molecule has 1 aromatic carbocycles. The van der Waals surface area contributed by atoms with Crippen molar-refractivity contribution in [3.8, 4) is 5.75 Å². The van der Waals surface area contributed by atoms with E-state index in [1.165, 1.54) is 0 Å². The van der Waals surface area contributed by atoms with E-state index >= 15 is 0 Å². The van der Waals surface area contributed by atoms with E-state index in [2.05, 4.69) is 12.2 Å². The van der Waals surface area contributed by atoms with Crippen LogP contribution in [-0.4, -0.2) is 30.5 Å². The van der Waals surface area contributed by atoms with Crippen LogP contribution in [0.15, 0.2) is 42.5 Å². The minimum atomic E-state index is 0.332. The second kappa shape index (κ2) is 7.48. The molecule has 1 aliphatic heterocycles. The molecule has 0 bridgehead atoms. The Kier molecular flexibility index (Phi) is 5.15. The molecule has 1 saturated heterocycles. The third-order valence-corrected chi connectivity index (χ3v) is 4.75. The maximum absolute atomic E-state index is 12.3. The van der Waals surface area contributed by atoms with E-state index in [0.717, 1.165) is 51.1 Å². The molecule has 2 aliphatic rings.